The molecule has 1 saturated heterocycles. The third-order valence-corrected chi connectivity index (χ3v) is 3.22. The van der Waals surface area contributed by atoms with E-state index in [4.69, 9.17) is 5.73 Å². The lowest BCUT2D eigenvalue weighted by Crippen LogP contribution is -2.48. The number of aromatic nitrogens is 1. The predicted octanol–water partition coefficient (Wildman–Crippen LogP) is 0.941. The fourth-order valence-corrected chi connectivity index (χ4v) is 2.50. The van der Waals surface area contributed by atoms with Crippen molar-refractivity contribution in [3.8, 4) is 0 Å². The molecule has 0 bridgehead atoms. The Morgan fingerprint density at radius 3 is 3.13 bits per heavy atom. The van der Waals surface area contributed by atoms with E-state index in [9.17, 15) is 0 Å². The largest absolute Gasteiger partial charge is 0.375 e. The number of rotatable bonds is 2. The number of hydrogen-bond donors (Lipinski definition) is 2. The topological polar surface area (TPSA) is 54.2 Å². The van der Waals surface area contributed by atoms with Crippen molar-refractivity contribution in [1.29, 1.82) is 0 Å². The van der Waals surface area contributed by atoms with Gasteiger partial charge >= 0.3 is 0 Å². The summed E-state index contributed by atoms with van der Waals surface area (Å²) < 4.78 is 0. The molecule has 0 radical (unpaired) electrons. The van der Waals surface area contributed by atoms with Crippen LogP contribution in [0, 0.1) is 0 Å². The van der Waals surface area contributed by atoms with E-state index in [1.54, 1.807) is 11.3 Å². The first-order chi connectivity index (χ1) is 6.74. The zero-order valence-corrected chi connectivity index (χ0v) is 10.4. The maximum atomic E-state index is 5.59. The van der Waals surface area contributed by atoms with Gasteiger partial charge in [0.25, 0.3) is 0 Å². The summed E-state index contributed by atoms with van der Waals surface area (Å²) in [5, 5.41) is 4.09. The molecule has 1 aromatic heterocycles. The Morgan fingerprint density at radius 1 is 1.73 bits per heavy atom. The molecule has 0 unspecified atom stereocenters. The molecule has 0 aliphatic carbocycles. The van der Waals surface area contributed by atoms with Gasteiger partial charge in [-0.15, -0.1) is 23.7 Å². The van der Waals surface area contributed by atoms with Crippen LogP contribution in [0.2, 0.25) is 0 Å². The molecular weight excluding hydrogens is 232 g/mol. The molecule has 3 N–H and O–H groups in total. The lowest BCUT2D eigenvalue weighted by molar-refractivity contribution is 0.201. The monoisotopic (exact) mass is 248 g/mol. The summed E-state index contributed by atoms with van der Waals surface area (Å²) in [6, 6.07) is 0.592. The van der Waals surface area contributed by atoms with Crippen molar-refractivity contribution in [2.24, 2.45) is 0 Å². The van der Waals surface area contributed by atoms with Crippen LogP contribution in [0.5, 0.6) is 0 Å². The number of halogens is 1. The molecule has 0 amide bonds. The van der Waals surface area contributed by atoms with Gasteiger partial charge in [0.1, 0.15) is 0 Å². The molecule has 1 fully saturated rings. The van der Waals surface area contributed by atoms with Crippen LogP contribution in [0.15, 0.2) is 6.20 Å². The van der Waals surface area contributed by atoms with Gasteiger partial charge in [-0.3, -0.25) is 4.90 Å². The molecule has 6 heteroatoms. The van der Waals surface area contributed by atoms with Gasteiger partial charge in [-0.25, -0.2) is 4.98 Å². The summed E-state index contributed by atoms with van der Waals surface area (Å²) in [5.41, 5.74) is 5.59. The van der Waals surface area contributed by atoms with Crippen molar-refractivity contribution >= 4 is 28.9 Å². The number of nitrogens with one attached hydrogen (secondary N) is 1. The van der Waals surface area contributed by atoms with Crippen LogP contribution >= 0.6 is 23.7 Å². The number of nitrogens with two attached hydrogens (primary N) is 1. The molecule has 2 heterocycles. The Hall–Kier alpha value is -0.360. The molecule has 0 spiro atoms. The molecule has 1 atom stereocenters. The maximum absolute atomic E-state index is 5.59. The van der Waals surface area contributed by atoms with Crippen LogP contribution in [0.1, 0.15) is 11.8 Å². The van der Waals surface area contributed by atoms with Gasteiger partial charge in [0.05, 0.1) is 0 Å². The first kappa shape index (κ1) is 12.7. The van der Waals surface area contributed by atoms with Crippen LogP contribution < -0.4 is 11.1 Å². The minimum atomic E-state index is 0. The Labute approximate surface area is 100 Å². The molecule has 15 heavy (non-hydrogen) atoms. The summed E-state index contributed by atoms with van der Waals surface area (Å²) in [7, 11) is 0. The van der Waals surface area contributed by atoms with E-state index >= 15 is 0 Å². The average molecular weight is 249 g/mol. The minimum absolute atomic E-state index is 0. The first-order valence-corrected chi connectivity index (χ1v) is 5.71. The van der Waals surface area contributed by atoms with Crippen molar-refractivity contribution in [3.05, 3.63) is 11.1 Å². The predicted molar refractivity (Wildman–Crippen MR) is 66.5 cm³/mol. The number of thiazole rings is 1. The third kappa shape index (κ3) is 3.61. The summed E-state index contributed by atoms with van der Waals surface area (Å²) in [5.74, 6) is 0. The Morgan fingerprint density at radius 2 is 2.53 bits per heavy atom. The Kier molecular flexibility index (Phi) is 4.79. The molecule has 1 aromatic rings. The van der Waals surface area contributed by atoms with Crippen LogP contribution in [0.25, 0.3) is 0 Å². The van der Waals surface area contributed by atoms with Crippen LogP contribution in [0.3, 0.4) is 0 Å². The van der Waals surface area contributed by atoms with Crippen molar-refractivity contribution < 1.29 is 0 Å². The second kappa shape index (κ2) is 5.65. The lowest BCUT2D eigenvalue weighted by atomic mass is 10.2. The van der Waals surface area contributed by atoms with Gasteiger partial charge < -0.3 is 11.1 Å². The molecule has 0 aromatic carbocycles. The highest BCUT2D eigenvalue weighted by molar-refractivity contribution is 7.15. The second-order valence-electron chi connectivity index (χ2n) is 3.76. The molecule has 4 nitrogen and oxygen atoms in total. The van der Waals surface area contributed by atoms with E-state index in [-0.39, 0.29) is 12.4 Å². The highest BCUT2D eigenvalue weighted by atomic mass is 35.5. The molecule has 86 valence electrons. The van der Waals surface area contributed by atoms with Crippen molar-refractivity contribution in [3.63, 3.8) is 0 Å². The van der Waals surface area contributed by atoms with Gasteiger partial charge in [-0.05, 0) is 6.92 Å². The van der Waals surface area contributed by atoms with E-state index in [0.29, 0.717) is 11.2 Å². The van der Waals surface area contributed by atoms with Crippen molar-refractivity contribution in [2.75, 3.05) is 25.4 Å². The average Bonchev–Trinajstić information content (AvgIpc) is 2.51. The highest BCUT2D eigenvalue weighted by Gasteiger charge is 2.16. The van der Waals surface area contributed by atoms with Gasteiger partial charge in [0, 0.05) is 43.3 Å². The first-order valence-electron chi connectivity index (χ1n) is 4.90. The van der Waals surface area contributed by atoms with Crippen LogP contribution in [-0.2, 0) is 6.54 Å². The standard InChI is InChI=1S/C9H16N4S.ClH/c1-7-5-13(3-2-11-7)6-8-4-12-9(10)14-8;/h4,7,11H,2-3,5-6H2,1H3,(H2,10,12);1H/t7-;/m1./s1. The summed E-state index contributed by atoms with van der Waals surface area (Å²) >= 11 is 1.59. The van der Waals surface area contributed by atoms with E-state index in [1.165, 1.54) is 4.88 Å². The maximum Gasteiger partial charge on any atom is 0.180 e. The molecule has 2 rings (SSSR count). The fraction of sp³-hybridized carbons (Fsp3) is 0.667. The fourth-order valence-electron chi connectivity index (χ4n) is 1.77. The normalized spacial score (nSPS) is 22.3. The van der Waals surface area contributed by atoms with E-state index < -0.39 is 0 Å². The van der Waals surface area contributed by atoms with E-state index in [0.717, 1.165) is 26.2 Å². The summed E-state index contributed by atoms with van der Waals surface area (Å²) in [6.45, 7) is 6.50. The van der Waals surface area contributed by atoms with Gasteiger partial charge in [0.15, 0.2) is 5.13 Å². The van der Waals surface area contributed by atoms with Crippen molar-refractivity contribution in [2.45, 2.75) is 19.5 Å². The Bertz CT molecular complexity index is 304. The van der Waals surface area contributed by atoms with Gasteiger partial charge in [-0.2, -0.15) is 0 Å². The number of piperazine rings is 1. The van der Waals surface area contributed by atoms with Gasteiger partial charge in [0.2, 0.25) is 0 Å². The zero-order chi connectivity index (χ0) is 9.97. The number of nitrogen functional groups attached to an aromatic ring is 1. The third-order valence-electron chi connectivity index (χ3n) is 2.40. The van der Waals surface area contributed by atoms with E-state index in [2.05, 4.69) is 22.1 Å². The smallest absolute Gasteiger partial charge is 0.180 e. The Balaban J connectivity index is 0.00000112. The van der Waals surface area contributed by atoms with E-state index in [1.807, 2.05) is 6.20 Å². The number of anilines is 1. The highest BCUT2D eigenvalue weighted by Crippen LogP contribution is 2.17. The molecule has 1 aliphatic rings. The van der Waals surface area contributed by atoms with Crippen LogP contribution in [0.4, 0.5) is 5.13 Å². The SMILES string of the molecule is C[C@@H]1CN(Cc2cnc(N)s2)CCN1.Cl. The molecule has 1 aliphatic heterocycles. The summed E-state index contributed by atoms with van der Waals surface area (Å²) in [6.07, 6.45) is 1.88. The quantitative estimate of drug-likeness (QED) is 0.818. The molecule has 0 saturated carbocycles. The lowest BCUT2D eigenvalue weighted by Gasteiger charge is -2.31. The van der Waals surface area contributed by atoms with Crippen LogP contribution in [-0.4, -0.2) is 35.6 Å². The molecular formula is C9H17ClN4S. The number of nitrogens with zero attached hydrogens (tertiary/aromatic N) is 2. The van der Waals surface area contributed by atoms with Crippen molar-refractivity contribution in [1.82, 2.24) is 15.2 Å². The zero-order valence-electron chi connectivity index (χ0n) is 8.77. The van der Waals surface area contributed by atoms with Gasteiger partial charge in [-0.1, -0.05) is 0 Å². The minimum Gasteiger partial charge on any atom is -0.375 e. The second-order valence-corrected chi connectivity index (χ2v) is 4.90. The summed E-state index contributed by atoms with van der Waals surface area (Å²) in [4.78, 5) is 7.75. The number of hydrogen-bond acceptors (Lipinski definition) is 5.